The highest BCUT2D eigenvalue weighted by Gasteiger charge is 2.27. The van der Waals surface area contributed by atoms with Crippen molar-refractivity contribution in [3.63, 3.8) is 0 Å². The Morgan fingerprint density at radius 1 is 1.35 bits per heavy atom. The summed E-state index contributed by atoms with van der Waals surface area (Å²) in [7, 11) is 0. The molecule has 1 saturated carbocycles. The molecule has 1 heterocycles. The molecule has 3 rings (SSSR count). The van der Waals surface area contributed by atoms with E-state index in [1.54, 1.807) is 11.3 Å². The molecule has 0 saturated heterocycles. The van der Waals surface area contributed by atoms with E-state index in [9.17, 15) is 5.11 Å². The molecule has 1 aliphatic carbocycles. The molecule has 4 heteroatoms. The van der Waals surface area contributed by atoms with Gasteiger partial charge >= 0.3 is 0 Å². The molecule has 3 nitrogen and oxygen atoms in total. The molecule has 1 aliphatic rings. The minimum atomic E-state index is 0.280. The number of hydrogen-bond donors (Lipinski definition) is 2. The van der Waals surface area contributed by atoms with Crippen LogP contribution in [0.2, 0.25) is 0 Å². The predicted molar refractivity (Wildman–Crippen MR) is 71.5 cm³/mol. The van der Waals surface area contributed by atoms with Crippen LogP contribution in [0.3, 0.4) is 0 Å². The zero-order chi connectivity index (χ0) is 11.7. The second-order valence-electron chi connectivity index (χ2n) is 4.61. The van der Waals surface area contributed by atoms with Crippen LogP contribution in [0.4, 0.5) is 5.13 Å². The van der Waals surface area contributed by atoms with Gasteiger partial charge in [0.2, 0.25) is 0 Å². The average molecular weight is 248 g/mol. The van der Waals surface area contributed by atoms with Gasteiger partial charge in [0, 0.05) is 18.6 Å². The lowest BCUT2D eigenvalue weighted by molar-refractivity contribution is 0.222. The van der Waals surface area contributed by atoms with Gasteiger partial charge in [-0.3, -0.25) is 0 Å². The summed E-state index contributed by atoms with van der Waals surface area (Å²) < 4.78 is 1.22. The van der Waals surface area contributed by atoms with Crippen molar-refractivity contribution < 1.29 is 5.11 Å². The van der Waals surface area contributed by atoms with Gasteiger partial charge in [0.05, 0.1) is 10.2 Å². The van der Waals surface area contributed by atoms with E-state index in [1.165, 1.54) is 11.1 Å². The first kappa shape index (κ1) is 11.0. The molecule has 1 aromatic carbocycles. The topological polar surface area (TPSA) is 45.1 Å². The van der Waals surface area contributed by atoms with Gasteiger partial charge in [-0.05, 0) is 25.0 Å². The average Bonchev–Trinajstić information content (AvgIpc) is 2.94. The Bertz CT molecular complexity index is 478. The molecule has 1 aromatic heterocycles. The summed E-state index contributed by atoms with van der Waals surface area (Å²) in [6.07, 6.45) is 3.47. The van der Waals surface area contributed by atoms with E-state index in [4.69, 9.17) is 0 Å². The van der Waals surface area contributed by atoms with E-state index in [1.807, 2.05) is 18.2 Å². The van der Waals surface area contributed by atoms with Crippen LogP contribution in [0.15, 0.2) is 24.3 Å². The first-order valence-electron chi connectivity index (χ1n) is 6.10. The third kappa shape index (κ3) is 2.15. The Balaban J connectivity index is 1.80. The smallest absolute Gasteiger partial charge is 0.184 e. The molecule has 2 aromatic rings. The molecule has 17 heavy (non-hydrogen) atoms. The maximum absolute atomic E-state index is 9.30. The quantitative estimate of drug-likeness (QED) is 0.878. The zero-order valence-electron chi connectivity index (χ0n) is 9.60. The summed E-state index contributed by atoms with van der Waals surface area (Å²) in [5, 5.41) is 13.8. The number of thiazole rings is 1. The number of aliphatic hydroxyl groups excluding tert-OH is 1. The third-order valence-corrected chi connectivity index (χ3v) is 4.46. The minimum Gasteiger partial charge on any atom is -0.396 e. The Kier molecular flexibility index (Phi) is 2.99. The molecule has 2 unspecified atom stereocenters. The summed E-state index contributed by atoms with van der Waals surface area (Å²) >= 11 is 1.69. The van der Waals surface area contributed by atoms with Crippen LogP contribution in [0.25, 0.3) is 10.2 Å². The lowest BCUT2D eigenvalue weighted by atomic mass is 10.1. The number of fused-ring (bicyclic) bond motifs is 1. The number of nitrogens with one attached hydrogen (secondary N) is 1. The van der Waals surface area contributed by atoms with Crippen molar-refractivity contribution in [3.05, 3.63) is 24.3 Å². The third-order valence-electron chi connectivity index (χ3n) is 3.50. The van der Waals surface area contributed by atoms with Crippen molar-refractivity contribution in [1.29, 1.82) is 0 Å². The van der Waals surface area contributed by atoms with Crippen LogP contribution < -0.4 is 5.32 Å². The summed E-state index contributed by atoms with van der Waals surface area (Å²) in [5.41, 5.74) is 1.05. The SMILES string of the molecule is OCC1CCCC1Nc1nc2ccccc2s1. The summed E-state index contributed by atoms with van der Waals surface area (Å²) in [6.45, 7) is 0.280. The van der Waals surface area contributed by atoms with E-state index >= 15 is 0 Å². The molecule has 2 atom stereocenters. The number of anilines is 1. The van der Waals surface area contributed by atoms with Crippen molar-refractivity contribution in [1.82, 2.24) is 4.98 Å². The van der Waals surface area contributed by atoms with Crippen LogP contribution in [-0.4, -0.2) is 22.7 Å². The summed E-state index contributed by atoms with van der Waals surface area (Å²) in [5.74, 6) is 0.391. The Morgan fingerprint density at radius 3 is 3.06 bits per heavy atom. The fraction of sp³-hybridized carbons (Fsp3) is 0.462. The van der Waals surface area contributed by atoms with Crippen molar-refractivity contribution in [2.45, 2.75) is 25.3 Å². The minimum absolute atomic E-state index is 0.280. The van der Waals surface area contributed by atoms with Crippen molar-refractivity contribution in [2.75, 3.05) is 11.9 Å². The number of hydrogen-bond acceptors (Lipinski definition) is 4. The van der Waals surface area contributed by atoms with E-state index in [-0.39, 0.29) is 6.61 Å². The van der Waals surface area contributed by atoms with Crippen LogP contribution in [0, 0.1) is 5.92 Å². The molecule has 0 radical (unpaired) electrons. The van der Waals surface area contributed by atoms with E-state index < -0.39 is 0 Å². The van der Waals surface area contributed by atoms with Crippen LogP contribution in [0.5, 0.6) is 0 Å². The normalized spacial score (nSPS) is 24.3. The van der Waals surface area contributed by atoms with Gasteiger partial charge in [-0.1, -0.05) is 29.9 Å². The van der Waals surface area contributed by atoms with Gasteiger partial charge in [-0.15, -0.1) is 0 Å². The lowest BCUT2D eigenvalue weighted by Crippen LogP contribution is -2.26. The molecule has 0 bridgehead atoms. The second kappa shape index (κ2) is 4.63. The van der Waals surface area contributed by atoms with Crippen molar-refractivity contribution in [2.24, 2.45) is 5.92 Å². The second-order valence-corrected chi connectivity index (χ2v) is 5.64. The van der Waals surface area contributed by atoms with Gasteiger partial charge < -0.3 is 10.4 Å². The molecule has 2 N–H and O–H groups in total. The molecular weight excluding hydrogens is 232 g/mol. The lowest BCUT2D eigenvalue weighted by Gasteiger charge is -2.17. The fourth-order valence-corrected chi connectivity index (χ4v) is 3.47. The largest absolute Gasteiger partial charge is 0.396 e. The first-order valence-corrected chi connectivity index (χ1v) is 6.91. The van der Waals surface area contributed by atoms with Gasteiger partial charge in [-0.2, -0.15) is 0 Å². The predicted octanol–water partition coefficient (Wildman–Crippen LogP) is 2.87. The van der Waals surface area contributed by atoms with E-state index in [0.29, 0.717) is 12.0 Å². The van der Waals surface area contributed by atoms with Crippen LogP contribution in [0.1, 0.15) is 19.3 Å². The highest BCUT2D eigenvalue weighted by atomic mass is 32.1. The van der Waals surface area contributed by atoms with Gasteiger partial charge in [0.1, 0.15) is 0 Å². The van der Waals surface area contributed by atoms with Crippen LogP contribution >= 0.6 is 11.3 Å². The summed E-state index contributed by atoms with van der Waals surface area (Å²) in [4.78, 5) is 4.57. The van der Waals surface area contributed by atoms with Crippen molar-refractivity contribution >= 4 is 26.7 Å². The molecular formula is C13H16N2OS. The molecule has 0 aliphatic heterocycles. The van der Waals surface area contributed by atoms with Gasteiger partial charge in [0.15, 0.2) is 5.13 Å². The highest BCUT2D eigenvalue weighted by Crippen LogP contribution is 2.31. The number of para-hydroxylation sites is 1. The monoisotopic (exact) mass is 248 g/mol. The first-order chi connectivity index (χ1) is 8.36. The molecule has 0 amide bonds. The van der Waals surface area contributed by atoms with Crippen LogP contribution in [-0.2, 0) is 0 Å². The Labute approximate surface area is 105 Å². The van der Waals surface area contributed by atoms with E-state index in [0.717, 1.165) is 23.5 Å². The molecule has 1 fully saturated rings. The van der Waals surface area contributed by atoms with Crippen molar-refractivity contribution in [3.8, 4) is 0 Å². The fourth-order valence-electron chi connectivity index (χ4n) is 2.54. The number of aromatic nitrogens is 1. The Hall–Kier alpha value is -1.13. The van der Waals surface area contributed by atoms with Gasteiger partial charge in [-0.25, -0.2) is 4.98 Å². The zero-order valence-corrected chi connectivity index (χ0v) is 10.4. The maximum atomic E-state index is 9.30. The molecule has 90 valence electrons. The Morgan fingerprint density at radius 2 is 2.24 bits per heavy atom. The molecule has 0 spiro atoms. The number of aliphatic hydroxyl groups is 1. The standard InChI is InChI=1S/C13H16N2OS/c16-8-9-4-3-6-10(9)14-13-15-11-5-1-2-7-12(11)17-13/h1-2,5,7,9-10,16H,3-4,6,8H2,(H,14,15). The van der Waals surface area contributed by atoms with Gasteiger partial charge in [0.25, 0.3) is 0 Å². The maximum Gasteiger partial charge on any atom is 0.184 e. The number of rotatable bonds is 3. The number of benzene rings is 1. The summed E-state index contributed by atoms with van der Waals surface area (Å²) in [6, 6.07) is 8.57. The highest BCUT2D eigenvalue weighted by molar-refractivity contribution is 7.22. The number of nitrogens with zero attached hydrogens (tertiary/aromatic N) is 1. The van der Waals surface area contributed by atoms with E-state index in [2.05, 4.69) is 16.4 Å².